The first-order chi connectivity index (χ1) is 13.2. The van der Waals surface area contributed by atoms with Gasteiger partial charge >= 0.3 is 7.60 Å². The van der Waals surface area contributed by atoms with Crippen LogP contribution >= 0.6 is 7.60 Å². The predicted octanol–water partition coefficient (Wildman–Crippen LogP) is 3.54. The zero-order valence-corrected chi connectivity index (χ0v) is 16.5. The first-order valence-electron chi connectivity index (χ1n) is 9.21. The van der Waals surface area contributed by atoms with E-state index in [0.29, 0.717) is 12.8 Å². The van der Waals surface area contributed by atoms with E-state index in [9.17, 15) is 27.4 Å². The van der Waals surface area contributed by atoms with Gasteiger partial charge in [-0.3, -0.25) is 9.36 Å². The standard InChI is InChI=1S/C18H23F3NO5P/c1-3-10(2)27-28(24,25)16-5-4-12-8-26-9-15(22(12)18(16)23)11-6-13(19)17(21)14(20)7-11/h6-7,10,12,15-16H,3-5,8-9H2,1-2H3,(H,24,25)/t10?,12-,15-,16?/m0/s1. The molecule has 2 aliphatic heterocycles. The number of fused-ring (bicyclic) bond motifs is 1. The molecule has 2 saturated heterocycles. The molecular weight excluding hydrogens is 398 g/mol. The third kappa shape index (κ3) is 3.99. The molecule has 156 valence electrons. The van der Waals surface area contributed by atoms with Crippen molar-refractivity contribution in [3.05, 3.63) is 35.1 Å². The molecule has 6 nitrogen and oxygen atoms in total. The van der Waals surface area contributed by atoms with Crippen molar-refractivity contribution in [1.82, 2.24) is 4.90 Å². The van der Waals surface area contributed by atoms with Crippen LogP contribution in [-0.2, 0) is 18.6 Å². The minimum atomic E-state index is -4.25. The second-order valence-electron chi connectivity index (χ2n) is 7.23. The second-order valence-corrected chi connectivity index (χ2v) is 9.20. The Bertz CT molecular complexity index is 784. The van der Waals surface area contributed by atoms with Gasteiger partial charge in [0.05, 0.1) is 31.4 Å². The van der Waals surface area contributed by atoms with Gasteiger partial charge in [0.2, 0.25) is 5.91 Å². The fourth-order valence-electron chi connectivity index (χ4n) is 3.67. The van der Waals surface area contributed by atoms with Crippen LogP contribution in [-0.4, -0.2) is 46.7 Å². The molecule has 0 saturated carbocycles. The minimum Gasteiger partial charge on any atom is -0.377 e. The molecule has 1 aromatic rings. The van der Waals surface area contributed by atoms with Gasteiger partial charge in [0.25, 0.3) is 0 Å². The van der Waals surface area contributed by atoms with Crippen LogP contribution in [0.15, 0.2) is 12.1 Å². The number of carbonyl (C=O) groups excluding carboxylic acids is 1. The normalized spacial score (nSPS) is 28.6. The summed E-state index contributed by atoms with van der Waals surface area (Å²) in [6.45, 7) is 3.59. The Balaban J connectivity index is 1.92. The van der Waals surface area contributed by atoms with E-state index in [1.807, 2.05) is 0 Å². The topological polar surface area (TPSA) is 76.1 Å². The van der Waals surface area contributed by atoms with Crippen molar-refractivity contribution in [3.8, 4) is 0 Å². The van der Waals surface area contributed by atoms with Crippen LogP contribution in [0.4, 0.5) is 13.2 Å². The van der Waals surface area contributed by atoms with Crippen LogP contribution in [0.25, 0.3) is 0 Å². The van der Waals surface area contributed by atoms with Gasteiger partial charge < -0.3 is 19.1 Å². The van der Waals surface area contributed by atoms with E-state index in [1.54, 1.807) is 13.8 Å². The number of morpholine rings is 1. The van der Waals surface area contributed by atoms with Gasteiger partial charge in [0.1, 0.15) is 5.66 Å². The maximum atomic E-state index is 13.7. The molecule has 2 aliphatic rings. The summed E-state index contributed by atoms with van der Waals surface area (Å²) in [5, 5.41) is 0. The van der Waals surface area contributed by atoms with Gasteiger partial charge in [-0.2, -0.15) is 0 Å². The number of carbonyl (C=O) groups is 1. The van der Waals surface area contributed by atoms with Gasteiger partial charge in [0.15, 0.2) is 17.5 Å². The Morgan fingerprint density at radius 2 is 1.93 bits per heavy atom. The molecule has 10 heteroatoms. The summed E-state index contributed by atoms with van der Waals surface area (Å²) in [5.74, 6) is -4.96. The highest BCUT2D eigenvalue weighted by Crippen LogP contribution is 2.54. The van der Waals surface area contributed by atoms with Gasteiger partial charge in [-0.1, -0.05) is 6.92 Å². The van der Waals surface area contributed by atoms with Crippen LogP contribution < -0.4 is 0 Å². The van der Waals surface area contributed by atoms with Crippen LogP contribution in [0.5, 0.6) is 0 Å². The Hall–Kier alpha value is -1.41. The molecule has 0 aromatic heterocycles. The first kappa shape index (κ1) is 21.3. The summed E-state index contributed by atoms with van der Waals surface area (Å²) in [6.07, 6.45) is 0.532. The summed E-state index contributed by atoms with van der Waals surface area (Å²) in [4.78, 5) is 24.8. The zero-order valence-electron chi connectivity index (χ0n) is 15.6. The number of piperidine rings is 1. The number of amides is 1. The fourth-order valence-corrected chi connectivity index (χ4v) is 5.36. The molecule has 2 fully saturated rings. The Labute approximate surface area is 161 Å². The van der Waals surface area contributed by atoms with E-state index in [2.05, 4.69) is 0 Å². The predicted molar refractivity (Wildman–Crippen MR) is 94.2 cm³/mol. The number of halogens is 3. The largest absolute Gasteiger partial charge is 0.377 e. The summed E-state index contributed by atoms with van der Waals surface area (Å²) >= 11 is 0. The van der Waals surface area contributed by atoms with E-state index in [4.69, 9.17) is 9.26 Å². The number of hydrogen-bond donors (Lipinski definition) is 1. The van der Waals surface area contributed by atoms with Crippen molar-refractivity contribution < 1.29 is 36.7 Å². The lowest BCUT2D eigenvalue weighted by Gasteiger charge is -2.47. The fraction of sp³-hybridized carbons (Fsp3) is 0.611. The third-order valence-electron chi connectivity index (χ3n) is 5.32. The van der Waals surface area contributed by atoms with E-state index in [-0.39, 0.29) is 25.2 Å². The maximum Gasteiger partial charge on any atom is 0.340 e. The summed E-state index contributed by atoms with van der Waals surface area (Å²) in [6, 6.07) is 0.351. The van der Waals surface area contributed by atoms with Crippen molar-refractivity contribution in [2.45, 2.75) is 57.0 Å². The molecular formula is C18H23F3NO5P. The van der Waals surface area contributed by atoms with Gasteiger partial charge in [0, 0.05) is 0 Å². The molecule has 3 unspecified atom stereocenters. The van der Waals surface area contributed by atoms with Gasteiger partial charge in [-0.25, -0.2) is 13.2 Å². The molecule has 0 bridgehead atoms. The van der Waals surface area contributed by atoms with Crippen molar-refractivity contribution in [3.63, 3.8) is 0 Å². The minimum absolute atomic E-state index is 0.0331. The zero-order chi connectivity index (χ0) is 20.6. The van der Waals surface area contributed by atoms with Crippen LogP contribution in [0.2, 0.25) is 0 Å². The smallest absolute Gasteiger partial charge is 0.340 e. The third-order valence-corrected chi connectivity index (χ3v) is 7.25. The van der Waals surface area contributed by atoms with E-state index >= 15 is 0 Å². The molecule has 28 heavy (non-hydrogen) atoms. The van der Waals surface area contributed by atoms with Crippen LogP contribution in [0.3, 0.4) is 0 Å². The van der Waals surface area contributed by atoms with Crippen LogP contribution in [0.1, 0.15) is 44.7 Å². The van der Waals surface area contributed by atoms with E-state index in [0.717, 1.165) is 12.1 Å². The maximum absolute atomic E-state index is 13.7. The molecule has 1 N–H and O–H groups in total. The SMILES string of the molecule is CCC(C)OP(=O)(O)C1CC[C@H]2COC[C@@H](c3cc(F)c(F)c(F)c3)N2C1=O. The first-order valence-corrected chi connectivity index (χ1v) is 10.9. The Morgan fingerprint density at radius 3 is 2.54 bits per heavy atom. The summed E-state index contributed by atoms with van der Waals surface area (Å²) in [7, 11) is -4.25. The molecule has 1 amide bonds. The molecule has 2 heterocycles. The molecule has 3 rings (SSSR count). The highest BCUT2D eigenvalue weighted by atomic mass is 31.2. The molecule has 5 atom stereocenters. The monoisotopic (exact) mass is 421 g/mol. The average Bonchev–Trinajstić information content (AvgIpc) is 2.64. The van der Waals surface area contributed by atoms with E-state index < -0.39 is 54.8 Å². The molecule has 0 spiro atoms. The summed E-state index contributed by atoms with van der Waals surface area (Å²) in [5.41, 5.74) is -1.22. The van der Waals surface area contributed by atoms with Crippen molar-refractivity contribution in [2.24, 2.45) is 0 Å². The Kier molecular flexibility index (Phi) is 6.20. The number of hydrogen-bond acceptors (Lipinski definition) is 4. The number of rotatable bonds is 5. The highest BCUT2D eigenvalue weighted by Gasteiger charge is 2.50. The molecule has 0 radical (unpaired) electrons. The highest BCUT2D eigenvalue weighted by molar-refractivity contribution is 7.54. The average molecular weight is 421 g/mol. The van der Waals surface area contributed by atoms with Crippen molar-refractivity contribution >= 4 is 13.5 Å². The summed E-state index contributed by atoms with van der Waals surface area (Å²) < 4.78 is 64.1. The lowest BCUT2D eigenvalue weighted by atomic mass is 9.94. The van der Waals surface area contributed by atoms with Gasteiger partial charge in [-0.15, -0.1) is 0 Å². The lowest BCUT2D eigenvalue weighted by Crippen LogP contribution is -2.57. The number of ether oxygens (including phenoxy) is 1. The van der Waals surface area contributed by atoms with Gasteiger partial charge in [-0.05, 0) is 43.9 Å². The lowest BCUT2D eigenvalue weighted by molar-refractivity contribution is -0.151. The number of nitrogens with zero attached hydrogens (tertiary/aromatic N) is 1. The molecule has 0 aliphatic carbocycles. The molecule has 1 aromatic carbocycles. The quantitative estimate of drug-likeness (QED) is 0.582. The van der Waals surface area contributed by atoms with E-state index in [1.165, 1.54) is 4.90 Å². The van der Waals surface area contributed by atoms with Crippen LogP contribution in [0, 0.1) is 17.5 Å². The second kappa shape index (κ2) is 8.14. The number of benzene rings is 1. The van der Waals surface area contributed by atoms with Crippen molar-refractivity contribution in [2.75, 3.05) is 13.2 Å². The Morgan fingerprint density at radius 1 is 1.29 bits per heavy atom. The van der Waals surface area contributed by atoms with Crippen molar-refractivity contribution in [1.29, 1.82) is 0 Å².